The normalized spacial score (nSPS) is 11.0. The van der Waals surface area contributed by atoms with Crippen molar-refractivity contribution in [3.63, 3.8) is 0 Å². The van der Waals surface area contributed by atoms with Crippen molar-refractivity contribution in [2.75, 3.05) is 5.32 Å². The number of amides is 1. The van der Waals surface area contributed by atoms with Gasteiger partial charge >= 0.3 is 6.09 Å². The predicted octanol–water partition coefficient (Wildman–Crippen LogP) is 5.14. The van der Waals surface area contributed by atoms with Crippen LogP contribution in [0.1, 0.15) is 32.0 Å². The summed E-state index contributed by atoms with van der Waals surface area (Å²) < 4.78 is 5.23. The predicted molar refractivity (Wildman–Crippen MR) is 93.7 cm³/mol. The zero-order valence-electron chi connectivity index (χ0n) is 13.4. The van der Waals surface area contributed by atoms with Gasteiger partial charge in [-0.15, -0.1) is 0 Å². The summed E-state index contributed by atoms with van der Waals surface area (Å²) in [7, 11) is 0. The maximum atomic E-state index is 11.8. The summed E-state index contributed by atoms with van der Waals surface area (Å²) in [6.45, 7) is 9.49. The number of nitrogens with zero attached hydrogens (tertiary/aromatic N) is 1. The molecule has 2 aromatic rings. The first-order valence-corrected chi connectivity index (χ1v) is 7.54. The van der Waals surface area contributed by atoms with Crippen LogP contribution in [-0.4, -0.2) is 16.7 Å². The molecule has 1 heterocycles. The summed E-state index contributed by atoms with van der Waals surface area (Å²) in [5, 5.41) is 3.35. The van der Waals surface area contributed by atoms with Gasteiger partial charge in [0.2, 0.25) is 0 Å². The van der Waals surface area contributed by atoms with Gasteiger partial charge in [0, 0.05) is 22.5 Å². The topological polar surface area (TPSA) is 51.2 Å². The highest BCUT2D eigenvalue weighted by molar-refractivity contribution is 6.30. The monoisotopic (exact) mass is 330 g/mol. The molecule has 0 radical (unpaired) electrons. The first kappa shape index (κ1) is 17.0. The van der Waals surface area contributed by atoms with Gasteiger partial charge in [0.15, 0.2) is 0 Å². The molecule has 0 aliphatic rings. The molecular formula is C18H19ClN2O2. The van der Waals surface area contributed by atoms with Crippen LogP contribution in [0, 0.1) is 0 Å². The molecule has 0 fully saturated rings. The second kappa shape index (κ2) is 6.84. The van der Waals surface area contributed by atoms with E-state index in [1.165, 1.54) is 0 Å². The fraction of sp³-hybridized carbons (Fsp3) is 0.222. The van der Waals surface area contributed by atoms with E-state index in [-0.39, 0.29) is 0 Å². The SMILES string of the molecule is C=C(c1ccc(Cl)cc1)c1cc(NC(=O)OC(C)(C)C)ccn1. The Labute approximate surface area is 141 Å². The van der Waals surface area contributed by atoms with Gasteiger partial charge in [0.1, 0.15) is 5.60 Å². The zero-order valence-corrected chi connectivity index (χ0v) is 14.1. The Morgan fingerprint density at radius 2 is 1.87 bits per heavy atom. The van der Waals surface area contributed by atoms with Crippen LogP contribution >= 0.6 is 11.6 Å². The van der Waals surface area contributed by atoms with Crippen LogP contribution in [0.3, 0.4) is 0 Å². The minimum atomic E-state index is -0.549. The lowest BCUT2D eigenvalue weighted by molar-refractivity contribution is 0.0636. The van der Waals surface area contributed by atoms with E-state index in [2.05, 4.69) is 16.9 Å². The number of hydrogen-bond acceptors (Lipinski definition) is 3. The van der Waals surface area contributed by atoms with Crippen molar-refractivity contribution < 1.29 is 9.53 Å². The van der Waals surface area contributed by atoms with E-state index < -0.39 is 11.7 Å². The molecule has 1 amide bonds. The Morgan fingerprint density at radius 3 is 2.48 bits per heavy atom. The summed E-state index contributed by atoms with van der Waals surface area (Å²) in [6, 6.07) is 10.8. The fourth-order valence-corrected chi connectivity index (χ4v) is 2.02. The van der Waals surface area contributed by atoms with Gasteiger partial charge in [-0.2, -0.15) is 0 Å². The van der Waals surface area contributed by atoms with Crippen molar-refractivity contribution in [2.24, 2.45) is 0 Å². The van der Waals surface area contributed by atoms with Crippen LogP contribution in [0.4, 0.5) is 10.5 Å². The molecule has 1 N–H and O–H groups in total. The lowest BCUT2D eigenvalue weighted by Gasteiger charge is -2.19. The van der Waals surface area contributed by atoms with Gasteiger partial charge < -0.3 is 4.74 Å². The Balaban J connectivity index is 2.15. The summed E-state index contributed by atoms with van der Waals surface area (Å²) in [5.41, 5.74) is 2.37. The van der Waals surface area contributed by atoms with Gasteiger partial charge in [0.25, 0.3) is 0 Å². The molecule has 23 heavy (non-hydrogen) atoms. The number of carbonyl (C=O) groups excluding carboxylic acids is 1. The van der Waals surface area contributed by atoms with Crippen LogP contribution in [0.5, 0.6) is 0 Å². The second-order valence-corrected chi connectivity index (χ2v) is 6.48. The molecule has 2 rings (SSSR count). The number of anilines is 1. The molecule has 0 aliphatic carbocycles. The van der Waals surface area contributed by atoms with Crippen molar-refractivity contribution in [3.8, 4) is 0 Å². The van der Waals surface area contributed by atoms with E-state index in [1.54, 1.807) is 30.5 Å². The largest absolute Gasteiger partial charge is 0.444 e. The van der Waals surface area contributed by atoms with E-state index in [1.807, 2.05) is 32.9 Å². The Morgan fingerprint density at radius 1 is 1.22 bits per heavy atom. The number of nitrogens with one attached hydrogen (secondary N) is 1. The molecule has 120 valence electrons. The van der Waals surface area contributed by atoms with E-state index in [9.17, 15) is 4.79 Å². The summed E-state index contributed by atoms with van der Waals surface area (Å²) in [6.07, 6.45) is 1.11. The molecule has 0 aliphatic heterocycles. The molecule has 0 saturated heterocycles. The van der Waals surface area contributed by atoms with Gasteiger partial charge in [-0.1, -0.05) is 30.3 Å². The van der Waals surface area contributed by atoms with Crippen molar-refractivity contribution in [1.29, 1.82) is 0 Å². The van der Waals surface area contributed by atoms with Gasteiger partial charge in [-0.3, -0.25) is 10.3 Å². The molecule has 5 heteroatoms. The van der Waals surface area contributed by atoms with Crippen molar-refractivity contribution in [3.05, 3.63) is 65.5 Å². The Kier molecular flexibility index (Phi) is 5.06. The van der Waals surface area contributed by atoms with Crippen LogP contribution < -0.4 is 5.32 Å². The number of pyridine rings is 1. The fourth-order valence-electron chi connectivity index (χ4n) is 1.89. The molecule has 0 bridgehead atoms. The van der Waals surface area contributed by atoms with E-state index >= 15 is 0 Å². The highest BCUT2D eigenvalue weighted by Crippen LogP contribution is 2.23. The molecular weight excluding hydrogens is 312 g/mol. The van der Waals surface area contributed by atoms with Crippen LogP contribution in [0.15, 0.2) is 49.2 Å². The molecule has 0 spiro atoms. The Bertz CT molecular complexity index is 719. The minimum absolute atomic E-state index is 0.508. The van der Waals surface area contributed by atoms with Crippen molar-refractivity contribution in [2.45, 2.75) is 26.4 Å². The number of carbonyl (C=O) groups is 1. The maximum absolute atomic E-state index is 11.8. The average molecular weight is 331 g/mol. The molecule has 4 nitrogen and oxygen atoms in total. The highest BCUT2D eigenvalue weighted by atomic mass is 35.5. The Hall–Kier alpha value is -2.33. The third-order valence-electron chi connectivity index (χ3n) is 2.91. The standard InChI is InChI=1S/C18H19ClN2O2/c1-12(13-5-7-14(19)8-6-13)16-11-15(9-10-20-16)21-17(22)23-18(2,3)4/h5-11H,1H2,2-4H3,(H,20,21,22). The van der Waals surface area contributed by atoms with Crippen molar-refractivity contribution in [1.82, 2.24) is 4.98 Å². The summed E-state index contributed by atoms with van der Waals surface area (Å²) in [4.78, 5) is 16.1. The molecule has 1 aromatic heterocycles. The number of hydrogen-bond donors (Lipinski definition) is 1. The number of ether oxygens (including phenoxy) is 1. The third-order valence-corrected chi connectivity index (χ3v) is 3.16. The first-order valence-electron chi connectivity index (χ1n) is 7.16. The smallest absolute Gasteiger partial charge is 0.412 e. The van der Waals surface area contributed by atoms with Crippen LogP contribution in [0.2, 0.25) is 5.02 Å². The average Bonchev–Trinajstić information content (AvgIpc) is 2.45. The van der Waals surface area contributed by atoms with E-state index in [0.717, 1.165) is 11.1 Å². The van der Waals surface area contributed by atoms with E-state index in [4.69, 9.17) is 16.3 Å². The lowest BCUT2D eigenvalue weighted by atomic mass is 10.0. The summed E-state index contributed by atoms with van der Waals surface area (Å²) in [5.74, 6) is 0. The highest BCUT2D eigenvalue weighted by Gasteiger charge is 2.16. The van der Waals surface area contributed by atoms with Crippen LogP contribution in [-0.2, 0) is 4.74 Å². The van der Waals surface area contributed by atoms with Crippen molar-refractivity contribution >= 4 is 29.0 Å². The quantitative estimate of drug-likeness (QED) is 0.847. The van der Waals surface area contributed by atoms with E-state index in [0.29, 0.717) is 16.4 Å². The summed E-state index contributed by atoms with van der Waals surface area (Å²) >= 11 is 5.89. The first-order chi connectivity index (χ1) is 10.7. The molecule has 0 atom stereocenters. The number of aromatic nitrogens is 1. The molecule has 0 unspecified atom stereocenters. The van der Waals surface area contributed by atoms with Gasteiger partial charge in [0.05, 0.1) is 5.69 Å². The maximum Gasteiger partial charge on any atom is 0.412 e. The lowest BCUT2D eigenvalue weighted by Crippen LogP contribution is -2.27. The second-order valence-electron chi connectivity index (χ2n) is 6.04. The molecule has 0 saturated carbocycles. The van der Waals surface area contributed by atoms with Gasteiger partial charge in [-0.05, 0) is 50.6 Å². The number of rotatable bonds is 3. The minimum Gasteiger partial charge on any atom is -0.444 e. The van der Waals surface area contributed by atoms with Crippen LogP contribution in [0.25, 0.3) is 5.57 Å². The van der Waals surface area contributed by atoms with Gasteiger partial charge in [-0.25, -0.2) is 4.79 Å². The molecule has 1 aromatic carbocycles. The number of halogens is 1. The third kappa shape index (κ3) is 5.11. The number of benzene rings is 1. The zero-order chi connectivity index (χ0) is 17.0.